The van der Waals surface area contributed by atoms with Crippen LogP contribution in [0.15, 0.2) is 48.5 Å². The quantitative estimate of drug-likeness (QED) is 0.677. The maximum absolute atomic E-state index is 12.6. The summed E-state index contributed by atoms with van der Waals surface area (Å²) in [4.78, 5) is 0. The molecule has 0 saturated carbocycles. The van der Waals surface area contributed by atoms with E-state index in [2.05, 4.69) is 0 Å². The van der Waals surface area contributed by atoms with E-state index in [4.69, 9.17) is 22.4 Å². The average molecular weight is 310 g/mol. The molecule has 0 saturated heterocycles. The first-order chi connectivity index (χ1) is 9.72. The zero-order valence-corrected chi connectivity index (χ0v) is 11.8. The molecule has 20 heavy (non-hydrogen) atoms. The van der Waals surface area contributed by atoms with Crippen LogP contribution in [0.25, 0.3) is 0 Å². The number of hydrogen-bond acceptors (Lipinski definition) is 6. The summed E-state index contributed by atoms with van der Waals surface area (Å²) in [5.41, 5.74) is 0. The van der Waals surface area contributed by atoms with Gasteiger partial charge in [-0.05, 0) is 24.3 Å². The smallest absolute Gasteiger partial charge is 0.413 e. The molecule has 0 atom stereocenters. The van der Waals surface area contributed by atoms with Gasteiger partial charge in [-0.3, -0.25) is 0 Å². The molecule has 2 aliphatic rings. The van der Waals surface area contributed by atoms with Crippen LogP contribution < -0.4 is 18.1 Å². The summed E-state index contributed by atoms with van der Waals surface area (Å²) in [6.45, 7) is 0. The number of hydrogen-bond donors (Lipinski definition) is 0. The Morgan fingerprint density at radius 2 is 1.20 bits per heavy atom. The third-order valence-corrected chi connectivity index (χ3v) is 5.50. The molecular weight excluding hydrogens is 302 g/mol. The summed E-state index contributed by atoms with van der Waals surface area (Å²) in [7, 11) is -5.75. The van der Waals surface area contributed by atoms with Crippen molar-refractivity contribution in [3.8, 4) is 23.0 Å². The maximum Gasteiger partial charge on any atom is 0.596 e. The molecule has 6 nitrogen and oxygen atoms in total. The van der Waals surface area contributed by atoms with E-state index in [-0.39, 0.29) is 0 Å². The lowest BCUT2D eigenvalue weighted by molar-refractivity contribution is 0.308. The molecule has 102 valence electrons. The fourth-order valence-electron chi connectivity index (χ4n) is 1.79. The first kappa shape index (κ1) is 12.0. The second-order valence-electron chi connectivity index (χ2n) is 4.01. The van der Waals surface area contributed by atoms with Crippen molar-refractivity contribution in [3.63, 3.8) is 0 Å². The van der Waals surface area contributed by atoms with Crippen LogP contribution in [0, 0.1) is 0 Å². The second-order valence-corrected chi connectivity index (χ2v) is 6.74. The zero-order chi connectivity index (χ0) is 13.6. The minimum absolute atomic E-state index is 0.295. The van der Waals surface area contributed by atoms with Crippen molar-refractivity contribution in [2.75, 3.05) is 0 Å². The van der Waals surface area contributed by atoms with Crippen LogP contribution in [-0.4, -0.2) is 0 Å². The van der Waals surface area contributed by atoms with E-state index in [1.54, 1.807) is 48.5 Å². The highest BCUT2D eigenvalue weighted by Crippen LogP contribution is 2.67. The van der Waals surface area contributed by atoms with Gasteiger partial charge in [0.2, 0.25) is 0 Å². The maximum atomic E-state index is 12.6. The fraction of sp³-hybridized carbons (Fsp3) is 0. The van der Waals surface area contributed by atoms with Gasteiger partial charge in [0.25, 0.3) is 0 Å². The Kier molecular flexibility index (Phi) is 2.64. The summed E-state index contributed by atoms with van der Waals surface area (Å²) < 4.78 is 39.8. The number of fused-ring (bicyclic) bond motifs is 4. The first-order valence-corrected chi connectivity index (χ1v) is 8.31. The van der Waals surface area contributed by atoms with Gasteiger partial charge in [0.15, 0.2) is 23.0 Å². The lowest BCUT2D eigenvalue weighted by Gasteiger charge is -2.13. The van der Waals surface area contributed by atoms with Gasteiger partial charge >= 0.3 is 16.4 Å². The Bertz CT molecular complexity index is 663. The standard InChI is InChI=1S/C12H8O6P2/c13-20-16-11-7-3-1-5-9(11)14-19(18-20)15-10-6-2-4-8-12(10)17-20/h1-8H. The summed E-state index contributed by atoms with van der Waals surface area (Å²) >= 11 is 0. The van der Waals surface area contributed by atoms with Crippen LogP contribution in [-0.2, 0) is 8.88 Å². The summed E-state index contributed by atoms with van der Waals surface area (Å²) in [5, 5.41) is 0. The first-order valence-electron chi connectivity index (χ1n) is 5.75. The van der Waals surface area contributed by atoms with E-state index < -0.39 is 16.4 Å². The molecule has 2 aromatic carbocycles. The summed E-state index contributed by atoms with van der Waals surface area (Å²) in [5.74, 6) is 1.39. The van der Waals surface area contributed by atoms with Crippen molar-refractivity contribution >= 4 is 16.4 Å². The molecule has 0 aromatic heterocycles. The normalized spacial score (nSPS) is 26.3. The summed E-state index contributed by atoms with van der Waals surface area (Å²) in [6, 6.07) is 13.6. The molecule has 2 bridgehead atoms. The van der Waals surface area contributed by atoms with E-state index in [0.717, 1.165) is 0 Å². The predicted octanol–water partition coefficient (Wildman–Crippen LogP) is 4.28. The van der Waals surface area contributed by atoms with Crippen molar-refractivity contribution in [3.05, 3.63) is 48.5 Å². The highest BCUT2D eigenvalue weighted by atomic mass is 31.3. The van der Waals surface area contributed by atoms with Gasteiger partial charge in [0.1, 0.15) is 0 Å². The number of para-hydroxylation sites is 4. The minimum Gasteiger partial charge on any atom is -0.413 e. The van der Waals surface area contributed by atoms with E-state index in [9.17, 15) is 4.57 Å². The summed E-state index contributed by atoms with van der Waals surface area (Å²) in [6.07, 6.45) is 0. The predicted molar refractivity (Wildman–Crippen MR) is 71.0 cm³/mol. The Hall–Kier alpha value is -1.74. The third kappa shape index (κ3) is 2.02. The van der Waals surface area contributed by atoms with Crippen LogP contribution in [0.4, 0.5) is 0 Å². The second kappa shape index (κ2) is 4.38. The minimum atomic E-state index is -3.84. The molecule has 0 fully saturated rings. The van der Waals surface area contributed by atoms with Gasteiger partial charge in [0.05, 0.1) is 0 Å². The van der Waals surface area contributed by atoms with Crippen LogP contribution in [0.3, 0.4) is 0 Å². The van der Waals surface area contributed by atoms with Crippen molar-refractivity contribution < 1.29 is 27.0 Å². The van der Waals surface area contributed by atoms with Crippen molar-refractivity contribution in [2.24, 2.45) is 0 Å². The highest BCUT2D eigenvalue weighted by molar-refractivity contribution is 7.60. The topological polar surface area (TPSA) is 63.2 Å². The molecule has 0 amide bonds. The monoisotopic (exact) mass is 310 g/mol. The van der Waals surface area contributed by atoms with Crippen molar-refractivity contribution in [1.29, 1.82) is 0 Å². The average Bonchev–Trinajstić information content (AvgIpc) is 2.65. The van der Waals surface area contributed by atoms with Crippen LogP contribution >= 0.6 is 16.4 Å². The molecule has 2 aliphatic heterocycles. The van der Waals surface area contributed by atoms with E-state index >= 15 is 0 Å². The van der Waals surface area contributed by atoms with Crippen LogP contribution in [0.5, 0.6) is 23.0 Å². The van der Waals surface area contributed by atoms with Gasteiger partial charge in [-0.1, -0.05) is 24.3 Å². The van der Waals surface area contributed by atoms with E-state index in [1.807, 2.05) is 0 Å². The van der Waals surface area contributed by atoms with Gasteiger partial charge in [0, 0.05) is 0 Å². The molecule has 0 aliphatic carbocycles. The Morgan fingerprint density at radius 3 is 1.70 bits per heavy atom. The molecule has 0 N–H and O–H groups in total. The highest BCUT2D eigenvalue weighted by Gasteiger charge is 2.45. The molecule has 2 aromatic rings. The Balaban J connectivity index is 1.82. The third-order valence-electron chi connectivity index (χ3n) is 2.63. The molecular formula is C12H8O6P2. The molecule has 4 rings (SSSR count). The zero-order valence-electron chi connectivity index (χ0n) is 9.96. The van der Waals surface area contributed by atoms with Crippen molar-refractivity contribution in [2.45, 2.75) is 0 Å². The largest absolute Gasteiger partial charge is 0.596 e. The molecule has 8 heteroatoms. The van der Waals surface area contributed by atoms with Gasteiger partial charge in [-0.2, -0.15) is 4.31 Å². The van der Waals surface area contributed by atoms with Crippen LogP contribution in [0.1, 0.15) is 0 Å². The van der Waals surface area contributed by atoms with Crippen LogP contribution in [0.2, 0.25) is 0 Å². The molecule has 0 radical (unpaired) electrons. The number of benzene rings is 2. The lowest BCUT2D eigenvalue weighted by atomic mass is 10.3. The fourth-order valence-corrected chi connectivity index (χ4v) is 4.46. The molecule has 2 heterocycles. The number of rotatable bonds is 0. The van der Waals surface area contributed by atoms with E-state index in [1.165, 1.54) is 0 Å². The Morgan fingerprint density at radius 1 is 0.750 bits per heavy atom. The van der Waals surface area contributed by atoms with Gasteiger partial charge in [-0.25, -0.2) is 4.57 Å². The molecule has 0 spiro atoms. The number of phosphoric acid groups is 1. The Labute approximate surface area is 115 Å². The number of phosphoric ester groups is 1. The van der Waals surface area contributed by atoms with Crippen molar-refractivity contribution in [1.82, 2.24) is 0 Å². The van der Waals surface area contributed by atoms with E-state index in [0.29, 0.717) is 23.0 Å². The van der Waals surface area contributed by atoms with Gasteiger partial charge < -0.3 is 18.1 Å². The lowest BCUT2D eigenvalue weighted by Crippen LogP contribution is -1.99. The van der Waals surface area contributed by atoms with Gasteiger partial charge in [-0.15, -0.1) is 0 Å². The molecule has 0 unspecified atom stereocenters. The SMILES string of the molecule is O=P12Oc3ccccc3OP(Oc3ccccc3O1)O2.